The summed E-state index contributed by atoms with van der Waals surface area (Å²) in [4.78, 5) is 5.09. The molecule has 2 rings (SSSR count). The molecule has 3 heteroatoms. The van der Waals surface area contributed by atoms with Crippen molar-refractivity contribution >= 4 is 5.69 Å². The molecule has 0 fully saturated rings. The minimum absolute atomic E-state index is 0.837. The molecule has 0 saturated heterocycles. The van der Waals surface area contributed by atoms with E-state index in [-0.39, 0.29) is 0 Å². The summed E-state index contributed by atoms with van der Waals surface area (Å²) in [6.45, 7) is 1.91. The number of benzene rings is 1. The van der Waals surface area contributed by atoms with Crippen LogP contribution in [0.5, 0.6) is 0 Å². The van der Waals surface area contributed by atoms with E-state index in [0.717, 1.165) is 19.5 Å². The molecule has 1 aromatic rings. The van der Waals surface area contributed by atoms with Crippen LogP contribution < -0.4 is 5.32 Å². The van der Waals surface area contributed by atoms with Gasteiger partial charge in [-0.25, -0.2) is 0 Å². The molecule has 3 nitrogen and oxygen atoms in total. The zero-order chi connectivity index (χ0) is 9.97. The molecule has 1 aromatic carbocycles. The Morgan fingerprint density at radius 1 is 1.50 bits per heavy atom. The second-order valence-electron chi connectivity index (χ2n) is 3.64. The molecule has 0 spiro atoms. The fraction of sp³-hybridized carbons (Fsp3) is 0.455. The molecule has 0 aliphatic carbocycles. The number of hydrogen-bond acceptors (Lipinski definition) is 3. The molecule has 1 aliphatic rings. The van der Waals surface area contributed by atoms with Crippen LogP contribution in [0.1, 0.15) is 11.1 Å². The van der Waals surface area contributed by atoms with Crippen LogP contribution in [0.25, 0.3) is 0 Å². The van der Waals surface area contributed by atoms with Gasteiger partial charge in [0.2, 0.25) is 0 Å². The van der Waals surface area contributed by atoms with Crippen LogP contribution in [-0.2, 0) is 17.8 Å². The van der Waals surface area contributed by atoms with Gasteiger partial charge in [0.25, 0.3) is 0 Å². The second-order valence-corrected chi connectivity index (χ2v) is 3.64. The number of anilines is 1. The maximum atomic E-state index is 5.09. The van der Waals surface area contributed by atoms with Crippen molar-refractivity contribution in [2.24, 2.45) is 0 Å². The monoisotopic (exact) mass is 192 g/mol. The molecule has 14 heavy (non-hydrogen) atoms. The van der Waals surface area contributed by atoms with Crippen molar-refractivity contribution in [3.8, 4) is 0 Å². The van der Waals surface area contributed by atoms with Crippen molar-refractivity contribution in [1.29, 1.82) is 0 Å². The zero-order valence-corrected chi connectivity index (χ0v) is 8.71. The molecular weight excluding hydrogens is 176 g/mol. The van der Waals surface area contributed by atoms with Crippen LogP contribution >= 0.6 is 0 Å². The van der Waals surface area contributed by atoms with Gasteiger partial charge in [0, 0.05) is 25.8 Å². The summed E-state index contributed by atoms with van der Waals surface area (Å²) in [7, 11) is 3.63. The predicted octanol–water partition coefficient (Wildman–Crippen LogP) is 1.65. The number of hydrogen-bond donors (Lipinski definition) is 1. The van der Waals surface area contributed by atoms with Crippen LogP contribution in [0.4, 0.5) is 5.69 Å². The first-order valence-electron chi connectivity index (χ1n) is 4.90. The molecule has 0 bridgehead atoms. The summed E-state index contributed by atoms with van der Waals surface area (Å²) >= 11 is 0. The predicted molar refractivity (Wildman–Crippen MR) is 57.1 cm³/mol. The summed E-state index contributed by atoms with van der Waals surface area (Å²) in [6, 6.07) is 6.55. The van der Waals surface area contributed by atoms with E-state index in [4.69, 9.17) is 4.84 Å². The third-order valence-electron chi connectivity index (χ3n) is 2.60. The van der Waals surface area contributed by atoms with E-state index in [0.29, 0.717) is 0 Å². The lowest BCUT2D eigenvalue weighted by Crippen LogP contribution is -2.15. The Labute approximate surface area is 84.6 Å². The Hall–Kier alpha value is -1.06. The first kappa shape index (κ1) is 9.49. The third kappa shape index (κ3) is 1.89. The fourth-order valence-electron chi connectivity index (χ4n) is 1.78. The lowest BCUT2D eigenvalue weighted by Gasteiger charge is -2.13. The number of nitrogens with zero attached hydrogens (tertiary/aromatic N) is 1. The Balaban J connectivity index is 2.12. The van der Waals surface area contributed by atoms with Gasteiger partial charge in [0.1, 0.15) is 0 Å². The number of fused-ring (bicyclic) bond motifs is 1. The highest BCUT2D eigenvalue weighted by molar-refractivity contribution is 5.56. The average Bonchev–Trinajstić information content (AvgIpc) is 2.64. The zero-order valence-electron chi connectivity index (χ0n) is 8.71. The van der Waals surface area contributed by atoms with Crippen molar-refractivity contribution in [3.63, 3.8) is 0 Å². The largest absolute Gasteiger partial charge is 0.384 e. The Morgan fingerprint density at radius 3 is 3.14 bits per heavy atom. The molecule has 0 unspecified atom stereocenters. The van der Waals surface area contributed by atoms with E-state index >= 15 is 0 Å². The van der Waals surface area contributed by atoms with E-state index in [1.165, 1.54) is 16.8 Å². The van der Waals surface area contributed by atoms with Gasteiger partial charge < -0.3 is 10.2 Å². The van der Waals surface area contributed by atoms with Gasteiger partial charge >= 0.3 is 0 Å². The van der Waals surface area contributed by atoms with Crippen LogP contribution in [0.3, 0.4) is 0 Å². The summed E-state index contributed by atoms with van der Waals surface area (Å²) in [5, 5.41) is 5.17. The van der Waals surface area contributed by atoms with Crippen LogP contribution in [0, 0.1) is 0 Å². The molecule has 1 N–H and O–H groups in total. The third-order valence-corrected chi connectivity index (χ3v) is 2.60. The van der Waals surface area contributed by atoms with Gasteiger partial charge in [-0.2, -0.15) is 5.06 Å². The molecule has 1 aliphatic heterocycles. The Bertz CT molecular complexity index is 325. The van der Waals surface area contributed by atoms with E-state index in [1.54, 1.807) is 7.11 Å². The average molecular weight is 192 g/mol. The highest BCUT2D eigenvalue weighted by Gasteiger charge is 2.10. The number of nitrogens with one attached hydrogen (secondary N) is 1. The van der Waals surface area contributed by atoms with Gasteiger partial charge in [-0.15, -0.1) is 0 Å². The maximum Gasteiger partial charge on any atom is 0.0575 e. The van der Waals surface area contributed by atoms with Gasteiger partial charge in [-0.05, 0) is 23.6 Å². The van der Waals surface area contributed by atoms with E-state index in [9.17, 15) is 0 Å². The summed E-state index contributed by atoms with van der Waals surface area (Å²) in [5.41, 5.74) is 4.01. The SMILES string of the molecule is CON(C)Cc1ccc2c(c1)CCN2. The van der Waals surface area contributed by atoms with Gasteiger partial charge in [-0.1, -0.05) is 12.1 Å². The topological polar surface area (TPSA) is 24.5 Å². The molecule has 0 amide bonds. The fourth-order valence-corrected chi connectivity index (χ4v) is 1.78. The van der Waals surface area contributed by atoms with Gasteiger partial charge in [0.05, 0.1) is 7.11 Å². The lowest BCUT2D eigenvalue weighted by molar-refractivity contribution is -0.116. The van der Waals surface area contributed by atoms with Crippen molar-refractivity contribution in [3.05, 3.63) is 29.3 Å². The molecule has 0 aromatic heterocycles. The van der Waals surface area contributed by atoms with Crippen LogP contribution in [0.2, 0.25) is 0 Å². The van der Waals surface area contributed by atoms with E-state index < -0.39 is 0 Å². The highest BCUT2D eigenvalue weighted by Crippen LogP contribution is 2.23. The van der Waals surface area contributed by atoms with Crippen molar-refractivity contribution in [2.45, 2.75) is 13.0 Å². The van der Waals surface area contributed by atoms with Crippen molar-refractivity contribution in [2.75, 3.05) is 26.0 Å². The van der Waals surface area contributed by atoms with Crippen molar-refractivity contribution in [1.82, 2.24) is 5.06 Å². The second kappa shape index (κ2) is 3.98. The first-order valence-corrected chi connectivity index (χ1v) is 4.90. The Morgan fingerprint density at radius 2 is 2.36 bits per heavy atom. The molecular formula is C11H16N2O. The molecule has 0 saturated carbocycles. The van der Waals surface area contributed by atoms with E-state index in [1.807, 2.05) is 12.1 Å². The first-order chi connectivity index (χ1) is 6.79. The summed E-state index contributed by atoms with van der Waals surface area (Å²) < 4.78 is 0. The van der Waals surface area contributed by atoms with Gasteiger partial charge in [0.15, 0.2) is 0 Å². The molecule has 0 radical (unpaired) electrons. The summed E-state index contributed by atoms with van der Waals surface area (Å²) in [5.74, 6) is 0. The number of hydroxylamine groups is 2. The summed E-state index contributed by atoms with van der Waals surface area (Å²) in [6.07, 6.45) is 1.14. The standard InChI is InChI=1S/C11H16N2O/c1-13(14-2)8-9-3-4-11-10(7-9)5-6-12-11/h3-4,7,12H,5-6,8H2,1-2H3. The smallest absolute Gasteiger partial charge is 0.0575 e. The minimum Gasteiger partial charge on any atom is -0.384 e. The quantitative estimate of drug-likeness (QED) is 0.737. The van der Waals surface area contributed by atoms with Gasteiger partial charge in [-0.3, -0.25) is 0 Å². The maximum absolute atomic E-state index is 5.09. The lowest BCUT2D eigenvalue weighted by atomic mass is 10.1. The normalized spacial score (nSPS) is 14.2. The highest BCUT2D eigenvalue weighted by atomic mass is 16.7. The van der Waals surface area contributed by atoms with Crippen molar-refractivity contribution < 1.29 is 4.84 Å². The molecule has 76 valence electrons. The molecule has 0 atom stereocenters. The number of rotatable bonds is 3. The van der Waals surface area contributed by atoms with Crippen LogP contribution in [0.15, 0.2) is 18.2 Å². The minimum atomic E-state index is 0.837. The molecule has 1 heterocycles. The Kier molecular flexibility index (Phi) is 2.70. The van der Waals surface area contributed by atoms with Crippen LogP contribution in [-0.4, -0.2) is 25.8 Å². The van der Waals surface area contributed by atoms with E-state index in [2.05, 4.69) is 23.5 Å².